The highest BCUT2D eigenvalue weighted by Gasteiger charge is 2.36. The average molecular weight is 381 g/mol. The van der Waals surface area contributed by atoms with Gasteiger partial charge in [0.05, 0.1) is 22.9 Å². The van der Waals surface area contributed by atoms with Crippen LogP contribution in [-0.2, 0) is 14.8 Å². The fourth-order valence-corrected chi connectivity index (χ4v) is 4.70. The lowest BCUT2D eigenvalue weighted by molar-refractivity contribution is -0.0230. The van der Waals surface area contributed by atoms with Gasteiger partial charge in [-0.3, -0.25) is 0 Å². The monoisotopic (exact) mass is 380 g/mol. The van der Waals surface area contributed by atoms with Crippen molar-refractivity contribution in [3.63, 3.8) is 0 Å². The maximum atomic E-state index is 13.4. The third kappa shape index (κ3) is 3.23. The van der Waals surface area contributed by atoms with Crippen molar-refractivity contribution in [3.05, 3.63) is 22.4 Å². The Morgan fingerprint density at radius 2 is 2.19 bits per heavy atom. The zero-order valence-corrected chi connectivity index (χ0v) is 14.2. The molecule has 21 heavy (non-hydrogen) atoms. The van der Waals surface area contributed by atoms with Gasteiger partial charge in [-0.15, -0.1) is 0 Å². The minimum absolute atomic E-state index is 0.0737. The number of hydrogen-bond donors (Lipinski definition) is 1. The van der Waals surface area contributed by atoms with Gasteiger partial charge in [0.25, 0.3) is 0 Å². The molecule has 0 aliphatic carbocycles. The van der Waals surface area contributed by atoms with Gasteiger partial charge < -0.3 is 10.5 Å². The number of nitrogens with two attached hydrogens (primary N) is 1. The molecule has 0 spiro atoms. The van der Waals surface area contributed by atoms with E-state index in [1.54, 1.807) is 0 Å². The van der Waals surface area contributed by atoms with Crippen LogP contribution in [0.1, 0.15) is 20.3 Å². The van der Waals surface area contributed by atoms with Gasteiger partial charge in [-0.1, -0.05) is 6.92 Å². The van der Waals surface area contributed by atoms with E-state index >= 15 is 0 Å². The second-order valence-electron chi connectivity index (χ2n) is 5.08. The van der Waals surface area contributed by atoms with E-state index < -0.39 is 15.8 Å². The van der Waals surface area contributed by atoms with Gasteiger partial charge in [-0.2, -0.15) is 4.31 Å². The van der Waals surface area contributed by atoms with E-state index in [-0.39, 0.29) is 33.7 Å². The second-order valence-corrected chi connectivity index (χ2v) is 7.80. The third-order valence-electron chi connectivity index (χ3n) is 3.53. The Kier molecular flexibility index (Phi) is 4.92. The number of hydrogen-bond acceptors (Lipinski definition) is 4. The van der Waals surface area contributed by atoms with Crippen molar-refractivity contribution in [1.82, 2.24) is 4.31 Å². The van der Waals surface area contributed by atoms with Crippen molar-refractivity contribution in [3.8, 4) is 0 Å². The molecule has 2 unspecified atom stereocenters. The molecule has 0 radical (unpaired) electrons. The molecule has 0 amide bonds. The van der Waals surface area contributed by atoms with Gasteiger partial charge in [0, 0.05) is 12.6 Å². The minimum atomic E-state index is -3.79. The number of nitrogen functional groups attached to an aromatic ring is 1. The van der Waals surface area contributed by atoms with Crippen LogP contribution in [0.4, 0.5) is 10.1 Å². The Morgan fingerprint density at radius 3 is 2.81 bits per heavy atom. The predicted molar refractivity (Wildman–Crippen MR) is 81.9 cm³/mol. The molecule has 1 heterocycles. The van der Waals surface area contributed by atoms with E-state index in [9.17, 15) is 12.8 Å². The Balaban J connectivity index is 2.47. The molecule has 1 saturated heterocycles. The average Bonchev–Trinajstić information content (AvgIpc) is 2.42. The smallest absolute Gasteiger partial charge is 0.245 e. The van der Waals surface area contributed by atoms with Crippen molar-refractivity contribution in [2.45, 2.75) is 37.3 Å². The number of anilines is 1. The summed E-state index contributed by atoms with van der Waals surface area (Å²) in [5.41, 5.74) is 5.61. The van der Waals surface area contributed by atoms with Crippen LogP contribution >= 0.6 is 15.9 Å². The zero-order valence-electron chi connectivity index (χ0n) is 11.8. The number of halogens is 2. The summed E-state index contributed by atoms with van der Waals surface area (Å²) >= 11 is 3.00. The van der Waals surface area contributed by atoms with Crippen LogP contribution in [0.2, 0.25) is 0 Å². The quantitative estimate of drug-likeness (QED) is 0.816. The van der Waals surface area contributed by atoms with Crippen LogP contribution in [0.15, 0.2) is 21.5 Å². The molecule has 0 saturated carbocycles. The first-order valence-electron chi connectivity index (χ1n) is 6.65. The molecular weight excluding hydrogens is 363 g/mol. The van der Waals surface area contributed by atoms with Crippen LogP contribution < -0.4 is 5.73 Å². The topological polar surface area (TPSA) is 72.6 Å². The first kappa shape index (κ1) is 16.7. The summed E-state index contributed by atoms with van der Waals surface area (Å²) in [6.45, 7) is 4.32. The molecule has 0 bridgehead atoms. The largest absolute Gasteiger partial charge is 0.398 e. The highest BCUT2D eigenvalue weighted by atomic mass is 79.9. The van der Waals surface area contributed by atoms with E-state index in [4.69, 9.17) is 10.5 Å². The Labute approximate surface area is 132 Å². The Morgan fingerprint density at radius 1 is 1.52 bits per heavy atom. The number of benzene rings is 1. The fourth-order valence-electron chi connectivity index (χ4n) is 2.32. The van der Waals surface area contributed by atoms with E-state index in [2.05, 4.69) is 15.9 Å². The summed E-state index contributed by atoms with van der Waals surface area (Å²) in [6, 6.07) is 1.99. The van der Waals surface area contributed by atoms with Crippen LogP contribution in [0.25, 0.3) is 0 Å². The molecule has 1 aliphatic rings. The lowest BCUT2D eigenvalue weighted by Crippen LogP contribution is -2.51. The van der Waals surface area contributed by atoms with Gasteiger partial charge >= 0.3 is 0 Å². The molecule has 2 N–H and O–H groups in total. The SMILES string of the molecule is CCC1COC(C)CN1S(=O)(=O)c1cc(Br)c(F)cc1N. The van der Waals surface area contributed by atoms with Crippen LogP contribution in [-0.4, -0.2) is 38.0 Å². The van der Waals surface area contributed by atoms with E-state index in [0.29, 0.717) is 13.0 Å². The highest BCUT2D eigenvalue weighted by molar-refractivity contribution is 9.10. The second kappa shape index (κ2) is 6.20. The summed E-state index contributed by atoms with van der Waals surface area (Å²) in [5, 5.41) is 0. The summed E-state index contributed by atoms with van der Waals surface area (Å²) in [5.74, 6) is -0.589. The van der Waals surface area contributed by atoms with Crippen LogP contribution in [0.3, 0.4) is 0 Å². The zero-order chi connectivity index (χ0) is 15.8. The first-order valence-corrected chi connectivity index (χ1v) is 8.88. The molecule has 5 nitrogen and oxygen atoms in total. The molecule has 1 aliphatic heterocycles. The van der Waals surface area contributed by atoms with E-state index in [0.717, 1.165) is 6.07 Å². The van der Waals surface area contributed by atoms with E-state index in [1.807, 2.05) is 13.8 Å². The minimum Gasteiger partial charge on any atom is -0.398 e. The van der Waals surface area contributed by atoms with Crippen molar-refractivity contribution in [1.29, 1.82) is 0 Å². The summed E-state index contributed by atoms with van der Waals surface area (Å²) in [4.78, 5) is -0.0803. The standard InChI is InChI=1S/C13H18BrFN2O3S/c1-3-9-7-20-8(2)6-17(9)21(18,19)13-4-10(14)11(15)5-12(13)16/h4-5,8-9H,3,6-7,16H2,1-2H3. The first-order chi connectivity index (χ1) is 9.77. The Hall–Kier alpha value is -0.700. The van der Waals surface area contributed by atoms with Crippen LogP contribution in [0.5, 0.6) is 0 Å². The van der Waals surface area contributed by atoms with E-state index in [1.165, 1.54) is 10.4 Å². The molecule has 2 rings (SSSR count). The normalized spacial score (nSPS) is 24.2. The molecule has 1 aromatic rings. The lowest BCUT2D eigenvalue weighted by atomic mass is 10.2. The number of ether oxygens (including phenoxy) is 1. The van der Waals surface area contributed by atoms with Crippen molar-refractivity contribution < 1.29 is 17.5 Å². The number of nitrogens with zero attached hydrogens (tertiary/aromatic N) is 1. The molecule has 8 heteroatoms. The molecular formula is C13H18BrFN2O3S. The Bertz CT molecular complexity index is 639. The molecule has 1 aromatic carbocycles. The van der Waals surface area contributed by atoms with Crippen molar-refractivity contribution in [2.24, 2.45) is 0 Å². The van der Waals surface area contributed by atoms with Gasteiger partial charge in [-0.05, 0) is 41.4 Å². The molecule has 1 fully saturated rings. The molecule has 118 valence electrons. The predicted octanol–water partition coefficient (Wildman–Crippen LogP) is 2.36. The summed E-state index contributed by atoms with van der Waals surface area (Å²) in [6.07, 6.45) is 0.446. The third-order valence-corrected chi connectivity index (χ3v) is 6.11. The summed E-state index contributed by atoms with van der Waals surface area (Å²) in [7, 11) is -3.79. The van der Waals surface area contributed by atoms with Crippen molar-refractivity contribution >= 4 is 31.6 Å². The van der Waals surface area contributed by atoms with Crippen molar-refractivity contribution in [2.75, 3.05) is 18.9 Å². The fraction of sp³-hybridized carbons (Fsp3) is 0.538. The van der Waals surface area contributed by atoms with Gasteiger partial charge in [-0.25, -0.2) is 12.8 Å². The van der Waals surface area contributed by atoms with Gasteiger partial charge in [0.15, 0.2) is 0 Å². The maximum absolute atomic E-state index is 13.4. The molecule has 0 aromatic heterocycles. The van der Waals surface area contributed by atoms with Crippen LogP contribution in [0, 0.1) is 5.82 Å². The number of morpholine rings is 1. The highest BCUT2D eigenvalue weighted by Crippen LogP contribution is 2.31. The number of sulfonamides is 1. The summed E-state index contributed by atoms with van der Waals surface area (Å²) < 4.78 is 46.1. The number of rotatable bonds is 3. The van der Waals surface area contributed by atoms with Gasteiger partial charge in [0.1, 0.15) is 10.7 Å². The van der Waals surface area contributed by atoms with Gasteiger partial charge in [0.2, 0.25) is 10.0 Å². The molecule has 2 atom stereocenters. The maximum Gasteiger partial charge on any atom is 0.245 e. The lowest BCUT2D eigenvalue weighted by Gasteiger charge is -2.37.